The van der Waals surface area contributed by atoms with Gasteiger partial charge < -0.3 is 10.0 Å². The van der Waals surface area contributed by atoms with Crippen LogP contribution in [0.5, 0.6) is 0 Å². The van der Waals surface area contributed by atoms with Gasteiger partial charge in [0.05, 0.1) is 29.2 Å². The fraction of sp³-hybridized carbons (Fsp3) is 0.417. The molecule has 6 nitrogen and oxygen atoms in total. The molecule has 0 saturated carbocycles. The summed E-state index contributed by atoms with van der Waals surface area (Å²) >= 11 is 0. The van der Waals surface area contributed by atoms with Crippen LogP contribution in [0.3, 0.4) is 0 Å². The summed E-state index contributed by atoms with van der Waals surface area (Å²) in [6.07, 6.45) is 1.24. The van der Waals surface area contributed by atoms with E-state index < -0.39 is 39.8 Å². The Morgan fingerprint density at radius 2 is 2.15 bits per heavy atom. The fourth-order valence-electron chi connectivity index (χ4n) is 2.29. The van der Waals surface area contributed by atoms with E-state index in [4.69, 9.17) is 5.11 Å². The van der Waals surface area contributed by atoms with Gasteiger partial charge in [-0.25, -0.2) is 4.39 Å². The number of benzene rings is 1. The van der Waals surface area contributed by atoms with Crippen LogP contribution in [-0.2, 0) is 0 Å². The molecule has 1 saturated heterocycles. The number of nitro groups is 1. The van der Waals surface area contributed by atoms with Gasteiger partial charge in [-0.15, -0.1) is 0 Å². The van der Waals surface area contributed by atoms with Crippen LogP contribution in [0.15, 0.2) is 12.1 Å². The van der Waals surface area contributed by atoms with E-state index in [0.29, 0.717) is 31.5 Å². The predicted molar refractivity (Wildman–Crippen MR) is 64.2 cm³/mol. The summed E-state index contributed by atoms with van der Waals surface area (Å²) in [6.45, 7) is 0.0743. The summed E-state index contributed by atoms with van der Waals surface area (Å²) in [5.41, 5.74) is -1.58. The zero-order valence-electron chi connectivity index (χ0n) is 10.4. The van der Waals surface area contributed by atoms with Gasteiger partial charge in [0.2, 0.25) is 5.82 Å². The van der Waals surface area contributed by atoms with Gasteiger partial charge in [-0.2, -0.15) is 4.39 Å². The molecule has 1 amide bonds. The van der Waals surface area contributed by atoms with E-state index in [1.807, 2.05) is 0 Å². The zero-order valence-corrected chi connectivity index (χ0v) is 10.4. The molecule has 0 spiro atoms. The average molecular weight is 286 g/mol. The molecule has 20 heavy (non-hydrogen) atoms. The summed E-state index contributed by atoms with van der Waals surface area (Å²) in [5.74, 6) is -3.18. The Kier molecular flexibility index (Phi) is 3.93. The van der Waals surface area contributed by atoms with Crippen LogP contribution >= 0.6 is 0 Å². The smallest absolute Gasteiger partial charge is 0.307 e. The van der Waals surface area contributed by atoms with Crippen molar-refractivity contribution in [3.63, 3.8) is 0 Å². The number of aliphatic hydroxyl groups is 1. The Labute approximate surface area is 112 Å². The fourth-order valence-corrected chi connectivity index (χ4v) is 2.29. The van der Waals surface area contributed by atoms with Gasteiger partial charge in [-0.1, -0.05) is 0 Å². The Morgan fingerprint density at radius 1 is 1.45 bits per heavy atom. The van der Waals surface area contributed by atoms with Crippen LogP contribution in [0, 0.1) is 21.7 Å². The lowest BCUT2D eigenvalue weighted by Gasteiger charge is -2.23. The quantitative estimate of drug-likeness (QED) is 0.673. The van der Waals surface area contributed by atoms with Crippen LogP contribution in [0.4, 0.5) is 14.5 Å². The van der Waals surface area contributed by atoms with Gasteiger partial charge in [-0.3, -0.25) is 14.9 Å². The first-order valence-corrected chi connectivity index (χ1v) is 6.01. The lowest BCUT2D eigenvalue weighted by Crippen LogP contribution is -2.38. The summed E-state index contributed by atoms with van der Waals surface area (Å²) < 4.78 is 27.2. The largest absolute Gasteiger partial charge is 0.394 e. The molecule has 1 N–H and O–H groups in total. The van der Waals surface area contributed by atoms with Crippen molar-refractivity contribution in [3.8, 4) is 0 Å². The van der Waals surface area contributed by atoms with E-state index in [9.17, 15) is 23.7 Å². The van der Waals surface area contributed by atoms with Gasteiger partial charge in [0, 0.05) is 6.54 Å². The third kappa shape index (κ3) is 2.46. The molecule has 1 atom stereocenters. The molecule has 1 fully saturated rings. The number of aliphatic hydroxyl groups excluding tert-OH is 1. The standard InChI is InChI=1S/C12H12F2N2O4/c13-9-5-11(16(19)20)10(14)4-8(9)12(18)15-3-1-2-7(15)6-17/h4-5,7,17H,1-3,6H2/t7-/m1/s1. The normalized spacial score (nSPS) is 18.4. The number of carbonyl (C=O) groups excluding carboxylic acids is 1. The number of rotatable bonds is 3. The molecule has 1 aliphatic heterocycles. The van der Waals surface area contributed by atoms with Gasteiger partial charge >= 0.3 is 5.69 Å². The maximum Gasteiger partial charge on any atom is 0.307 e. The molecular weight excluding hydrogens is 274 g/mol. The molecule has 1 aliphatic rings. The van der Waals surface area contributed by atoms with Gasteiger partial charge in [0.1, 0.15) is 5.82 Å². The van der Waals surface area contributed by atoms with E-state index in [0.717, 1.165) is 0 Å². The molecular formula is C12H12F2N2O4. The highest BCUT2D eigenvalue weighted by Gasteiger charge is 2.31. The Morgan fingerprint density at radius 3 is 2.75 bits per heavy atom. The van der Waals surface area contributed by atoms with Crippen molar-refractivity contribution >= 4 is 11.6 Å². The van der Waals surface area contributed by atoms with E-state index in [1.165, 1.54) is 4.90 Å². The van der Waals surface area contributed by atoms with E-state index >= 15 is 0 Å². The Balaban J connectivity index is 2.35. The third-order valence-electron chi connectivity index (χ3n) is 3.31. The molecule has 1 aromatic carbocycles. The third-order valence-corrected chi connectivity index (χ3v) is 3.31. The van der Waals surface area contributed by atoms with Crippen LogP contribution in [0.25, 0.3) is 0 Å². The lowest BCUT2D eigenvalue weighted by atomic mass is 10.1. The first-order chi connectivity index (χ1) is 9.45. The molecule has 2 rings (SSSR count). The monoisotopic (exact) mass is 286 g/mol. The number of nitrogens with zero attached hydrogens (tertiary/aromatic N) is 2. The molecule has 0 radical (unpaired) electrons. The molecule has 1 heterocycles. The number of halogens is 2. The Hall–Kier alpha value is -2.09. The molecule has 1 aromatic rings. The molecule has 0 bridgehead atoms. The number of amides is 1. The zero-order chi connectivity index (χ0) is 14.9. The minimum Gasteiger partial charge on any atom is -0.394 e. The topological polar surface area (TPSA) is 83.7 Å². The number of hydrogen-bond acceptors (Lipinski definition) is 4. The molecule has 0 unspecified atom stereocenters. The Bertz CT molecular complexity index is 565. The van der Waals surface area contributed by atoms with E-state index in [-0.39, 0.29) is 6.61 Å². The average Bonchev–Trinajstić information content (AvgIpc) is 2.88. The summed E-state index contributed by atoms with van der Waals surface area (Å²) in [4.78, 5) is 22.8. The molecule has 0 aromatic heterocycles. The molecule has 8 heteroatoms. The van der Waals surface area contributed by atoms with Gasteiger partial charge in [-0.05, 0) is 18.9 Å². The van der Waals surface area contributed by atoms with Crippen molar-refractivity contribution < 1.29 is 23.6 Å². The highest BCUT2D eigenvalue weighted by atomic mass is 19.1. The first-order valence-electron chi connectivity index (χ1n) is 6.01. The predicted octanol–water partition coefficient (Wildman–Crippen LogP) is 1.47. The van der Waals surface area contributed by atoms with Crippen LogP contribution in [-0.4, -0.2) is 40.0 Å². The highest BCUT2D eigenvalue weighted by molar-refractivity contribution is 5.95. The SMILES string of the molecule is O=C(c1cc(F)c([N+](=O)[O-])cc1F)N1CCC[C@@H]1CO. The minimum absolute atomic E-state index is 0.261. The van der Waals surface area contributed by atoms with Crippen LogP contribution < -0.4 is 0 Å². The maximum absolute atomic E-state index is 13.7. The van der Waals surface area contributed by atoms with Gasteiger partial charge in [0.25, 0.3) is 5.91 Å². The number of carbonyl (C=O) groups is 1. The summed E-state index contributed by atoms with van der Waals surface area (Å²) in [6, 6.07) is 0.495. The molecule has 0 aliphatic carbocycles. The lowest BCUT2D eigenvalue weighted by molar-refractivity contribution is -0.387. The van der Waals surface area contributed by atoms with Crippen molar-refractivity contribution in [1.82, 2.24) is 4.90 Å². The first kappa shape index (κ1) is 14.3. The van der Waals surface area contributed by atoms with Crippen LogP contribution in [0.2, 0.25) is 0 Å². The molecule has 108 valence electrons. The number of likely N-dealkylation sites (tertiary alicyclic amines) is 1. The number of hydrogen-bond donors (Lipinski definition) is 1. The second kappa shape index (κ2) is 5.49. The summed E-state index contributed by atoms with van der Waals surface area (Å²) in [7, 11) is 0. The van der Waals surface area contributed by atoms with Crippen molar-refractivity contribution in [2.24, 2.45) is 0 Å². The van der Waals surface area contributed by atoms with Crippen molar-refractivity contribution in [3.05, 3.63) is 39.4 Å². The second-order valence-electron chi connectivity index (χ2n) is 4.52. The number of nitro benzene ring substituents is 1. The van der Waals surface area contributed by atoms with E-state index in [1.54, 1.807) is 0 Å². The van der Waals surface area contributed by atoms with Crippen LogP contribution in [0.1, 0.15) is 23.2 Å². The van der Waals surface area contributed by atoms with Crippen molar-refractivity contribution in [1.29, 1.82) is 0 Å². The van der Waals surface area contributed by atoms with Crippen molar-refractivity contribution in [2.75, 3.05) is 13.2 Å². The second-order valence-corrected chi connectivity index (χ2v) is 4.52. The van der Waals surface area contributed by atoms with Gasteiger partial charge in [0.15, 0.2) is 0 Å². The highest BCUT2D eigenvalue weighted by Crippen LogP contribution is 2.25. The maximum atomic E-state index is 13.7. The van der Waals surface area contributed by atoms with E-state index in [2.05, 4.69) is 0 Å². The van der Waals surface area contributed by atoms with Crippen molar-refractivity contribution in [2.45, 2.75) is 18.9 Å². The minimum atomic E-state index is -1.26. The summed E-state index contributed by atoms with van der Waals surface area (Å²) in [5, 5.41) is 19.6.